The first-order valence-electron chi connectivity index (χ1n) is 13.8. The number of anilines is 1. The Bertz CT molecular complexity index is 1380. The number of β-amino-alcohol motifs (C(OH)–C–C–N with tert-alkyl or cyclic N) is 1. The molecular weight excluding hydrogens is 462 g/mol. The molecule has 4 aliphatic carbocycles. The van der Waals surface area contributed by atoms with E-state index >= 15 is 0 Å². The quantitative estimate of drug-likeness (QED) is 0.435. The number of piperidine rings is 1. The molecule has 8 rings (SSSR count). The molecule has 5 fully saturated rings. The van der Waals surface area contributed by atoms with Crippen LogP contribution >= 0.6 is 0 Å². The van der Waals surface area contributed by atoms with Crippen LogP contribution < -0.4 is 4.90 Å². The predicted molar refractivity (Wildman–Crippen MR) is 143 cm³/mol. The molecule has 1 atom stereocenters. The Kier molecular flexibility index (Phi) is 5.01. The van der Waals surface area contributed by atoms with Gasteiger partial charge in [-0.1, -0.05) is 12.1 Å². The summed E-state index contributed by atoms with van der Waals surface area (Å²) in [5, 5.41) is 11.1. The minimum absolute atomic E-state index is 0.0519. The first-order chi connectivity index (χ1) is 17.8. The van der Waals surface area contributed by atoms with Gasteiger partial charge in [0.05, 0.1) is 35.7 Å². The molecule has 2 aromatic heterocycles. The number of para-hydroxylation sites is 1. The summed E-state index contributed by atoms with van der Waals surface area (Å²) < 4.78 is 2.15. The van der Waals surface area contributed by atoms with Crippen LogP contribution in [0.4, 0.5) is 5.69 Å². The lowest BCUT2D eigenvalue weighted by molar-refractivity contribution is -0.233. The summed E-state index contributed by atoms with van der Waals surface area (Å²) >= 11 is 0. The van der Waals surface area contributed by atoms with Crippen LogP contribution in [0.5, 0.6) is 0 Å². The van der Waals surface area contributed by atoms with Crippen molar-refractivity contribution in [3.63, 3.8) is 0 Å². The summed E-state index contributed by atoms with van der Waals surface area (Å²) in [6.07, 6.45) is 11.4. The molecule has 6 heteroatoms. The fourth-order valence-corrected chi connectivity index (χ4v) is 7.85. The lowest BCUT2D eigenvalue weighted by Gasteiger charge is -2.73. The van der Waals surface area contributed by atoms with E-state index in [1.165, 1.54) is 0 Å². The Morgan fingerprint density at radius 2 is 1.92 bits per heavy atom. The number of benzene rings is 1. The van der Waals surface area contributed by atoms with Crippen molar-refractivity contribution in [2.24, 2.45) is 16.2 Å². The molecule has 4 saturated carbocycles. The largest absolute Gasteiger partial charge is 0.391 e. The Morgan fingerprint density at radius 1 is 1.11 bits per heavy atom. The number of nitrogens with zero attached hydrogens (tertiary/aromatic N) is 3. The average molecular weight is 498 g/mol. The molecule has 37 heavy (non-hydrogen) atoms. The number of Topliss-reactive ketones (excluding diaryl/α,β-unsaturated/α-hetero) is 2. The Balaban J connectivity index is 1.10. The van der Waals surface area contributed by atoms with Gasteiger partial charge in [-0.25, -0.2) is 0 Å². The molecule has 1 unspecified atom stereocenters. The number of ketones is 2. The van der Waals surface area contributed by atoms with Crippen LogP contribution in [0, 0.1) is 16.2 Å². The van der Waals surface area contributed by atoms with Gasteiger partial charge in [-0.2, -0.15) is 0 Å². The highest BCUT2D eigenvalue weighted by molar-refractivity contribution is 6.07. The van der Waals surface area contributed by atoms with E-state index < -0.39 is 0 Å². The van der Waals surface area contributed by atoms with Gasteiger partial charge in [-0.15, -0.1) is 0 Å². The fourth-order valence-electron chi connectivity index (χ4n) is 7.85. The van der Waals surface area contributed by atoms with E-state index in [-0.39, 0.29) is 28.1 Å². The minimum Gasteiger partial charge on any atom is -0.391 e. The number of hydrogen-bond donors (Lipinski definition) is 1. The summed E-state index contributed by atoms with van der Waals surface area (Å²) in [5.41, 5.74) is 4.09. The van der Waals surface area contributed by atoms with Crippen molar-refractivity contribution in [1.29, 1.82) is 0 Å². The minimum atomic E-state index is -0.268. The summed E-state index contributed by atoms with van der Waals surface area (Å²) in [6, 6.07) is 12.3. The smallest absolute Gasteiger partial charge is 0.165 e. The zero-order valence-corrected chi connectivity index (χ0v) is 21.6. The molecule has 1 saturated heterocycles. The number of aromatic nitrogens is 2. The number of aliphatic hydroxyl groups excluding tert-OH is 1. The molecule has 1 N–H and O–H groups in total. The van der Waals surface area contributed by atoms with E-state index in [0.29, 0.717) is 25.3 Å². The first-order valence-corrected chi connectivity index (χ1v) is 13.8. The third-order valence-electron chi connectivity index (χ3n) is 10.2. The molecule has 6 nitrogen and oxygen atoms in total. The Labute approximate surface area is 217 Å². The number of carbonyl (C=O) groups excluding carboxylic acids is 2. The maximum absolute atomic E-state index is 13.8. The van der Waals surface area contributed by atoms with Gasteiger partial charge in [0.1, 0.15) is 5.78 Å². The van der Waals surface area contributed by atoms with Gasteiger partial charge in [0.25, 0.3) is 0 Å². The van der Waals surface area contributed by atoms with Crippen molar-refractivity contribution < 1.29 is 14.7 Å². The van der Waals surface area contributed by atoms with E-state index in [4.69, 9.17) is 4.98 Å². The van der Waals surface area contributed by atoms with E-state index in [2.05, 4.69) is 39.9 Å². The highest BCUT2D eigenvalue weighted by Gasteiger charge is 2.79. The number of aliphatic hydroxyl groups is 1. The molecule has 2 bridgehead atoms. The standard InChI is InChI=1S/C31H35N3O3/c1-21(35)29-18-31(19-29,20-29)30(10-11-30)14-27(37)26-6-2-4-22-9-13-34(28(22)26)16-23-7-8-24(15-32-23)33-12-3-5-25(36)17-33/h2,4,6-9,13,15,25,36H,3,5,10-12,14,16-20H2,1H3. The second kappa shape index (κ2) is 8.00. The van der Waals surface area contributed by atoms with Crippen molar-refractivity contribution >= 4 is 28.2 Å². The fraction of sp³-hybridized carbons (Fsp3) is 0.516. The molecule has 0 spiro atoms. The van der Waals surface area contributed by atoms with Gasteiger partial charge in [-0.05, 0) is 87.0 Å². The molecule has 192 valence electrons. The average Bonchev–Trinajstić information content (AvgIpc) is 3.48. The zero-order chi connectivity index (χ0) is 25.4. The van der Waals surface area contributed by atoms with Crippen LogP contribution in [-0.2, 0) is 11.3 Å². The number of carbonyl (C=O) groups is 2. The Morgan fingerprint density at radius 3 is 2.59 bits per heavy atom. The van der Waals surface area contributed by atoms with E-state index in [9.17, 15) is 14.7 Å². The predicted octanol–water partition coefficient (Wildman–Crippen LogP) is 5.16. The van der Waals surface area contributed by atoms with Crippen LogP contribution in [0.1, 0.15) is 74.3 Å². The van der Waals surface area contributed by atoms with E-state index in [1.807, 2.05) is 18.3 Å². The summed E-state index contributed by atoms with van der Waals surface area (Å²) in [5.74, 6) is 0.575. The second-order valence-electron chi connectivity index (χ2n) is 12.5. The van der Waals surface area contributed by atoms with Crippen molar-refractivity contribution in [2.45, 2.75) is 70.9 Å². The monoisotopic (exact) mass is 497 g/mol. The number of pyridine rings is 1. The lowest BCUT2D eigenvalue weighted by atomic mass is 9.30. The highest BCUT2D eigenvalue weighted by Crippen LogP contribution is 2.85. The van der Waals surface area contributed by atoms with Crippen molar-refractivity contribution in [3.8, 4) is 0 Å². The number of fused-ring (bicyclic) bond motifs is 1. The van der Waals surface area contributed by atoms with Gasteiger partial charge < -0.3 is 14.6 Å². The maximum atomic E-state index is 13.8. The first kappa shape index (κ1) is 23.2. The molecular formula is C31H35N3O3. The van der Waals surface area contributed by atoms with Crippen LogP contribution in [0.25, 0.3) is 10.9 Å². The molecule has 0 radical (unpaired) electrons. The third-order valence-corrected chi connectivity index (χ3v) is 10.2. The SMILES string of the molecule is CC(=O)C12CC(C3(CC(=O)c4cccc5ccn(Cc6ccc(N7CCCC(O)C7)cn6)c45)CC3)(C1)C2. The molecule has 3 aromatic rings. The lowest BCUT2D eigenvalue weighted by Crippen LogP contribution is -2.68. The number of rotatable bonds is 8. The van der Waals surface area contributed by atoms with E-state index in [0.717, 1.165) is 79.3 Å². The number of hydrogen-bond acceptors (Lipinski definition) is 5. The molecule has 0 amide bonds. The summed E-state index contributed by atoms with van der Waals surface area (Å²) in [6.45, 7) is 3.95. The van der Waals surface area contributed by atoms with Gasteiger partial charge in [0.15, 0.2) is 5.78 Å². The van der Waals surface area contributed by atoms with Crippen LogP contribution in [0.15, 0.2) is 48.8 Å². The Hall–Kier alpha value is -2.99. The van der Waals surface area contributed by atoms with Crippen molar-refractivity contribution in [1.82, 2.24) is 9.55 Å². The van der Waals surface area contributed by atoms with Gasteiger partial charge in [-0.3, -0.25) is 14.6 Å². The molecule has 1 aromatic carbocycles. The topological polar surface area (TPSA) is 75.4 Å². The van der Waals surface area contributed by atoms with Crippen LogP contribution in [-0.4, -0.2) is 45.4 Å². The third kappa shape index (κ3) is 3.52. The van der Waals surface area contributed by atoms with Crippen LogP contribution in [0.3, 0.4) is 0 Å². The van der Waals surface area contributed by atoms with Gasteiger partial charge in [0, 0.05) is 42.1 Å². The highest BCUT2D eigenvalue weighted by atomic mass is 16.3. The van der Waals surface area contributed by atoms with Gasteiger partial charge in [0.2, 0.25) is 0 Å². The normalized spacial score (nSPS) is 29.5. The molecule has 3 heterocycles. The summed E-state index contributed by atoms with van der Waals surface area (Å²) in [4.78, 5) is 32.7. The van der Waals surface area contributed by atoms with Crippen molar-refractivity contribution in [3.05, 3.63) is 60.0 Å². The molecule has 1 aliphatic heterocycles. The molecule has 5 aliphatic rings. The summed E-state index contributed by atoms with van der Waals surface area (Å²) in [7, 11) is 0. The van der Waals surface area contributed by atoms with Crippen molar-refractivity contribution in [2.75, 3.05) is 18.0 Å². The second-order valence-corrected chi connectivity index (χ2v) is 12.5. The maximum Gasteiger partial charge on any atom is 0.165 e. The van der Waals surface area contributed by atoms with Crippen LogP contribution in [0.2, 0.25) is 0 Å². The van der Waals surface area contributed by atoms with Gasteiger partial charge >= 0.3 is 0 Å². The zero-order valence-electron chi connectivity index (χ0n) is 21.6. The van der Waals surface area contributed by atoms with E-state index in [1.54, 1.807) is 6.92 Å².